The Morgan fingerprint density at radius 2 is 1.78 bits per heavy atom. The Labute approximate surface area is 160 Å². The molecule has 0 spiro atoms. The summed E-state index contributed by atoms with van der Waals surface area (Å²) in [6.07, 6.45) is -0.644. The molecule has 1 aromatic rings. The number of nitrogens with one attached hydrogen (secondary N) is 1. The van der Waals surface area contributed by atoms with Crippen LogP contribution < -0.4 is 10.1 Å². The van der Waals surface area contributed by atoms with Gasteiger partial charge in [0.25, 0.3) is 5.91 Å². The lowest BCUT2D eigenvalue weighted by Crippen LogP contribution is -2.42. The summed E-state index contributed by atoms with van der Waals surface area (Å²) in [7, 11) is 0. The molecule has 1 N–H and O–H groups in total. The highest BCUT2D eigenvalue weighted by molar-refractivity contribution is 6.07. The molecule has 7 nitrogen and oxygen atoms in total. The fourth-order valence-corrected chi connectivity index (χ4v) is 2.82. The van der Waals surface area contributed by atoms with E-state index in [4.69, 9.17) is 14.2 Å². The normalized spacial score (nSPS) is 19.5. The highest BCUT2D eigenvalue weighted by atomic mass is 16.7. The van der Waals surface area contributed by atoms with Crippen molar-refractivity contribution < 1.29 is 23.8 Å². The molecule has 1 saturated heterocycles. The maximum absolute atomic E-state index is 13.0. The molecule has 1 unspecified atom stereocenters. The van der Waals surface area contributed by atoms with Gasteiger partial charge in [0.2, 0.25) is 0 Å². The zero-order valence-corrected chi connectivity index (χ0v) is 16.4. The van der Waals surface area contributed by atoms with Crippen LogP contribution in [0, 0.1) is 0 Å². The number of imide groups is 1. The molecule has 2 rings (SSSR count). The predicted molar refractivity (Wildman–Crippen MR) is 101 cm³/mol. The van der Waals surface area contributed by atoms with Crippen molar-refractivity contribution in [1.82, 2.24) is 10.2 Å². The molecule has 0 aromatic heterocycles. The van der Waals surface area contributed by atoms with Gasteiger partial charge in [0, 0.05) is 13.2 Å². The van der Waals surface area contributed by atoms with Gasteiger partial charge in [-0.25, -0.2) is 4.79 Å². The van der Waals surface area contributed by atoms with Crippen LogP contribution in [0.5, 0.6) is 5.75 Å². The maximum Gasteiger partial charge on any atom is 0.325 e. The number of carbonyl (C=O) groups is 2. The molecule has 1 fully saturated rings. The van der Waals surface area contributed by atoms with Gasteiger partial charge in [0.05, 0.1) is 6.54 Å². The molecule has 148 valence electrons. The van der Waals surface area contributed by atoms with Crippen LogP contribution in [0.3, 0.4) is 0 Å². The van der Waals surface area contributed by atoms with E-state index in [1.807, 2.05) is 20.8 Å². The third kappa shape index (κ3) is 4.87. The minimum Gasteiger partial charge on any atom is -0.489 e. The first-order valence-electron chi connectivity index (χ1n) is 9.06. The first-order chi connectivity index (χ1) is 12.8. The average molecular weight is 376 g/mol. The second-order valence-electron chi connectivity index (χ2n) is 6.58. The van der Waals surface area contributed by atoms with Crippen molar-refractivity contribution in [3.05, 3.63) is 42.0 Å². The molecular formula is C20H28N2O5. The molecule has 1 atom stereocenters. The Hall–Kier alpha value is -2.38. The van der Waals surface area contributed by atoms with Crippen LogP contribution in [0.15, 0.2) is 36.4 Å². The van der Waals surface area contributed by atoms with Crippen molar-refractivity contribution >= 4 is 11.9 Å². The standard InChI is InChI=1S/C20H28N2O5/c1-6-25-17(26-7-2)12-22-18(23)20(5,21-19(22)24)15-8-10-16(11-9-15)27-13-14(3)4/h8-11,17H,3,6-7,12-13H2,1-2,4-5H3,(H,21,24). The van der Waals surface area contributed by atoms with Crippen LogP contribution in [0.25, 0.3) is 0 Å². The minimum absolute atomic E-state index is 0.0434. The highest BCUT2D eigenvalue weighted by Gasteiger charge is 2.49. The number of nitrogens with zero attached hydrogens (tertiary/aromatic N) is 1. The Morgan fingerprint density at radius 3 is 2.30 bits per heavy atom. The van der Waals surface area contributed by atoms with Crippen LogP contribution in [-0.4, -0.2) is 49.5 Å². The largest absolute Gasteiger partial charge is 0.489 e. The van der Waals surface area contributed by atoms with E-state index < -0.39 is 17.9 Å². The third-order valence-corrected chi connectivity index (χ3v) is 4.23. The lowest BCUT2D eigenvalue weighted by atomic mass is 9.92. The molecule has 7 heteroatoms. The first kappa shape index (κ1) is 20.9. The monoisotopic (exact) mass is 376 g/mol. The van der Waals surface area contributed by atoms with Gasteiger partial charge in [-0.1, -0.05) is 18.7 Å². The van der Waals surface area contributed by atoms with E-state index in [1.165, 1.54) is 0 Å². The second-order valence-corrected chi connectivity index (χ2v) is 6.58. The number of ether oxygens (including phenoxy) is 3. The molecule has 27 heavy (non-hydrogen) atoms. The summed E-state index contributed by atoms with van der Waals surface area (Å²) in [5.41, 5.74) is 0.445. The Kier molecular flexibility index (Phi) is 6.98. The number of benzene rings is 1. The van der Waals surface area contributed by atoms with E-state index in [9.17, 15) is 9.59 Å². The summed E-state index contributed by atoms with van der Waals surface area (Å²) in [5.74, 6) is 0.333. The van der Waals surface area contributed by atoms with Crippen LogP contribution >= 0.6 is 0 Å². The topological polar surface area (TPSA) is 77.1 Å². The summed E-state index contributed by atoms with van der Waals surface area (Å²) in [6.45, 7) is 12.4. The van der Waals surface area contributed by atoms with Gasteiger partial charge < -0.3 is 19.5 Å². The fourth-order valence-electron chi connectivity index (χ4n) is 2.82. The van der Waals surface area contributed by atoms with E-state index in [2.05, 4.69) is 11.9 Å². The van der Waals surface area contributed by atoms with Gasteiger partial charge in [-0.05, 0) is 51.0 Å². The van der Waals surface area contributed by atoms with Gasteiger partial charge in [-0.3, -0.25) is 9.69 Å². The van der Waals surface area contributed by atoms with E-state index in [-0.39, 0.29) is 12.5 Å². The SMILES string of the molecule is C=C(C)COc1ccc(C2(C)NC(=O)N(CC(OCC)OCC)C2=O)cc1. The van der Waals surface area contributed by atoms with Crippen molar-refractivity contribution in [2.75, 3.05) is 26.4 Å². The van der Waals surface area contributed by atoms with Gasteiger partial charge in [0.1, 0.15) is 17.9 Å². The van der Waals surface area contributed by atoms with Crippen molar-refractivity contribution in [2.24, 2.45) is 0 Å². The molecule has 1 aromatic carbocycles. The molecule has 0 radical (unpaired) electrons. The average Bonchev–Trinajstić information content (AvgIpc) is 2.85. The highest BCUT2D eigenvalue weighted by Crippen LogP contribution is 2.30. The van der Waals surface area contributed by atoms with E-state index in [0.717, 1.165) is 10.5 Å². The van der Waals surface area contributed by atoms with Crippen molar-refractivity contribution in [1.29, 1.82) is 0 Å². The van der Waals surface area contributed by atoms with Crippen molar-refractivity contribution in [3.63, 3.8) is 0 Å². The zero-order chi connectivity index (χ0) is 20.0. The molecular weight excluding hydrogens is 348 g/mol. The number of hydrogen-bond donors (Lipinski definition) is 1. The number of rotatable bonds is 10. The van der Waals surface area contributed by atoms with Crippen LogP contribution in [-0.2, 0) is 19.8 Å². The van der Waals surface area contributed by atoms with Gasteiger partial charge in [-0.2, -0.15) is 0 Å². The predicted octanol–water partition coefficient (Wildman–Crippen LogP) is 2.81. The second kappa shape index (κ2) is 9.01. The van der Waals surface area contributed by atoms with E-state index >= 15 is 0 Å². The number of urea groups is 1. The van der Waals surface area contributed by atoms with Gasteiger partial charge in [-0.15, -0.1) is 0 Å². The molecule has 0 bridgehead atoms. The quantitative estimate of drug-likeness (QED) is 0.386. The molecule has 1 aliphatic heterocycles. The van der Waals surface area contributed by atoms with Crippen LogP contribution in [0.4, 0.5) is 4.79 Å². The molecule has 1 aliphatic rings. The van der Waals surface area contributed by atoms with E-state index in [1.54, 1.807) is 31.2 Å². The maximum atomic E-state index is 13.0. The Morgan fingerprint density at radius 1 is 1.19 bits per heavy atom. The smallest absolute Gasteiger partial charge is 0.325 e. The van der Waals surface area contributed by atoms with Gasteiger partial charge >= 0.3 is 6.03 Å². The number of carbonyl (C=O) groups excluding carboxylic acids is 2. The summed E-state index contributed by atoms with van der Waals surface area (Å²) in [6, 6.07) is 6.63. The third-order valence-electron chi connectivity index (χ3n) is 4.23. The Bertz CT molecular complexity index is 682. The van der Waals surface area contributed by atoms with Crippen LogP contribution in [0.2, 0.25) is 0 Å². The first-order valence-corrected chi connectivity index (χ1v) is 9.06. The summed E-state index contributed by atoms with van der Waals surface area (Å²) < 4.78 is 16.5. The summed E-state index contributed by atoms with van der Waals surface area (Å²) in [4.78, 5) is 26.5. The number of hydrogen-bond acceptors (Lipinski definition) is 5. The van der Waals surface area contributed by atoms with Gasteiger partial charge in [0.15, 0.2) is 6.29 Å². The summed E-state index contributed by atoms with van der Waals surface area (Å²) >= 11 is 0. The summed E-state index contributed by atoms with van der Waals surface area (Å²) in [5, 5.41) is 2.78. The van der Waals surface area contributed by atoms with Crippen molar-refractivity contribution in [3.8, 4) is 5.75 Å². The fraction of sp³-hybridized carbons (Fsp3) is 0.500. The molecule has 0 saturated carbocycles. The van der Waals surface area contributed by atoms with Crippen molar-refractivity contribution in [2.45, 2.75) is 39.5 Å². The Balaban J connectivity index is 2.14. The zero-order valence-electron chi connectivity index (χ0n) is 16.4. The van der Waals surface area contributed by atoms with E-state index in [0.29, 0.717) is 31.1 Å². The molecule has 0 aliphatic carbocycles. The van der Waals surface area contributed by atoms with Crippen LogP contribution in [0.1, 0.15) is 33.3 Å². The molecule has 1 heterocycles. The lowest BCUT2D eigenvalue weighted by Gasteiger charge is -2.24. The lowest BCUT2D eigenvalue weighted by molar-refractivity contribution is -0.153. The molecule has 3 amide bonds. The number of amides is 3. The minimum atomic E-state index is -1.15.